The third-order valence-corrected chi connectivity index (χ3v) is 0. The number of hydrogen-bond acceptors (Lipinski definition) is 2. The Morgan fingerprint density at radius 3 is 0.833 bits per heavy atom. The van der Waals surface area contributed by atoms with E-state index in [2.05, 4.69) is 0 Å². The van der Waals surface area contributed by atoms with E-state index in [0.717, 1.165) is 0 Å². The summed E-state index contributed by atoms with van der Waals surface area (Å²) in [7, 11) is 0. The molecule has 0 fully saturated rings. The fourth-order valence-electron chi connectivity index (χ4n) is 0. The summed E-state index contributed by atoms with van der Waals surface area (Å²) < 4.78 is 0. The van der Waals surface area contributed by atoms with Crippen molar-refractivity contribution in [1.29, 1.82) is 10.5 Å². The Morgan fingerprint density at radius 2 is 0.833 bits per heavy atom. The van der Waals surface area contributed by atoms with Crippen molar-refractivity contribution >= 4 is 29.6 Å². The van der Waals surface area contributed by atoms with Gasteiger partial charge in [0, 0.05) is 29.6 Å². The summed E-state index contributed by atoms with van der Waals surface area (Å²) in [6.45, 7) is 9.50. The smallest absolute Gasteiger partial charge is 0.512 e. The molecule has 0 rings (SSSR count). The molecule has 0 saturated carbocycles. The molecule has 6 heavy (non-hydrogen) atoms. The van der Waals surface area contributed by atoms with Crippen LogP contribution < -0.4 is 0 Å². The van der Waals surface area contributed by atoms with Crippen molar-refractivity contribution in [3.63, 3.8) is 0 Å². The fraction of sp³-hybridized carbons (Fsp3) is 0. The van der Waals surface area contributed by atoms with Crippen LogP contribution in [0.5, 0.6) is 0 Å². The third kappa shape index (κ3) is 221. The molecular weight excluding hydrogens is 139 g/mol. The van der Waals surface area contributed by atoms with E-state index in [-0.39, 0.29) is 46.6 Å². The molecule has 2 nitrogen and oxygen atoms in total. The van der Waals surface area contributed by atoms with Crippen LogP contribution in [0.15, 0.2) is 0 Å². The number of rotatable bonds is 0. The van der Waals surface area contributed by atoms with Crippen molar-refractivity contribution in [3.05, 3.63) is 13.1 Å². The summed E-state index contributed by atoms with van der Waals surface area (Å²) in [6, 6.07) is 0. The van der Waals surface area contributed by atoms with E-state index in [1.165, 1.54) is 0 Å². The molecule has 0 unspecified atom stereocenters. The van der Waals surface area contributed by atoms with Crippen LogP contribution in [0.25, 0.3) is 0 Å². The minimum absolute atomic E-state index is 0. The Kier molecular flexibility index (Phi) is 2340. The molecule has 0 aliphatic heterocycles. The molecule has 0 saturated heterocycles. The van der Waals surface area contributed by atoms with E-state index in [9.17, 15) is 0 Å². The maximum Gasteiger partial charge on any atom is 2.00 e. The predicted molar refractivity (Wildman–Crippen MR) is 15.7 cm³/mol. The summed E-state index contributed by atoms with van der Waals surface area (Å²) in [5.74, 6) is 0. The fourth-order valence-corrected chi connectivity index (χ4v) is 0. The van der Waals surface area contributed by atoms with E-state index >= 15 is 0 Å². The van der Waals surface area contributed by atoms with Gasteiger partial charge in [-0.05, 0) is 0 Å². The van der Waals surface area contributed by atoms with E-state index in [4.69, 9.17) is 23.7 Å². The Hall–Kier alpha value is 0.499. The molecular formula is C2CuN2Na. The van der Waals surface area contributed by atoms with Gasteiger partial charge in [-0.15, -0.1) is 0 Å². The van der Waals surface area contributed by atoms with Gasteiger partial charge in [-0.3, -0.25) is 0 Å². The molecule has 2 radical (unpaired) electrons. The Morgan fingerprint density at radius 1 is 0.833 bits per heavy atom. The monoisotopic (exact) mass is 138 g/mol. The summed E-state index contributed by atoms with van der Waals surface area (Å²) in [6.07, 6.45) is 0. The molecule has 0 aromatic heterocycles. The molecule has 0 atom stereocenters. The average Bonchev–Trinajstić information content (AvgIpc) is 1.50. The summed E-state index contributed by atoms with van der Waals surface area (Å²) >= 11 is 0. The minimum atomic E-state index is 0. The van der Waals surface area contributed by atoms with E-state index < -0.39 is 0 Å². The molecule has 0 aromatic carbocycles. The van der Waals surface area contributed by atoms with Gasteiger partial charge in [0.15, 0.2) is 0 Å². The van der Waals surface area contributed by atoms with Crippen LogP contribution in [-0.2, 0) is 17.1 Å². The first-order chi connectivity index (χ1) is 2.00. The number of nitrogens with zero attached hydrogens (tertiary/aromatic N) is 2. The van der Waals surface area contributed by atoms with Gasteiger partial charge in [-0.25, -0.2) is 0 Å². The van der Waals surface area contributed by atoms with Crippen LogP contribution in [-0.4, -0.2) is 29.6 Å². The zero-order valence-electron chi connectivity index (χ0n) is 3.20. The molecule has 0 amide bonds. The zero-order valence-corrected chi connectivity index (χ0v) is 6.14. The SMILES string of the molecule is [C-]#N.[C-]#N.[Cu+2].[Na]. The summed E-state index contributed by atoms with van der Waals surface area (Å²) in [5, 5.41) is 12.5. The van der Waals surface area contributed by atoms with Crippen molar-refractivity contribution in [2.75, 3.05) is 0 Å². The average molecular weight is 139 g/mol. The summed E-state index contributed by atoms with van der Waals surface area (Å²) in [5.41, 5.74) is 0. The second kappa shape index (κ2) is 446. The maximum atomic E-state index is 6.25. The van der Waals surface area contributed by atoms with Crippen LogP contribution in [0.1, 0.15) is 0 Å². The van der Waals surface area contributed by atoms with Crippen LogP contribution in [0.2, 0.25) is 0 Å². The van der Waals surface area contributed by atoms with Gasteiger partial charge in [-0.1, -0.05) is 0 Å². The van der Waals surface area contributed by atoms with Gasteiger partial charge in [0.1, 0.15) is 0 Å². The molecule has 0 spiro atoms. The Bertz CT molecular complexity index is 27.0. The normalized spacial score (nSPS) is 0.667. The van der Waals surface area contributed by atoms with Gasteiger partial charge in [0.05, 0.1) is 0 Å². The maximum absolute atomic E-state index is 6.25. The molecule has 0 aliphatic rings. The first kappa shape index (κ1) is 31.5. The van der Waals surface area contributed by atoms with Crippen molar-refractivity contribution in [2.24, 2.45) is 0 Å². The molecule has 0 N–H and O–H groups in total. The molecule has 0 bridgehead atoms. The van der Waals surface area contributed by atoms with Crippen LogP contribution >= 0.6 is 0 Å². The van der Waals surface area contributed by atoms with Crippen molar-refractivity contribution in [2.45, 2.75) is 0 Å². The largest absolute Gasteiger partial charge is 2.00 e. The van der Waals surface area contributed by atoms with Gasteiger partial charge in [0.25, 0.3) is 0 Å². The molecule has 0 heterocycles. The van der Waals surface area contributed by atoms with Crippen LogP contribution in [0.4, 0.5) is 0 Å². The summed E-state index contributed by atoms with van der Waals surface area (Å²) in [4.78, 5) is 0. The number of hydrogen-bond donors (Lipinski definition) is 0. The molecule has 30 valence electrons. The van der Waals surface area contributed by atoms with Crippen molar-refractivity contribution in [1.82, 2.24) is 0 Å². The van der Waals surface area contributed by atoms with Gasteiger partial charge < -0.3 is 23.7 Å². The molecule has 4 heteroatoms. The second-order valence-electron chi connectivity index (χ2n) is 0. The van der Waals surface area contributed by atoms with E-state index in [1.54, 1.807) is 0 Å². The third-order valence-electron chi connectivity index (χ3n) is 0. The first-order valence-electron chi connectivity index (χ1n) is 0.447. The topological polar surface area (TPSA) is 47.6 Å². The van der Waals surface area contributed by atoms with E-state index in [0.29, 0.717) is 0 Å². The Balaban J connectivity index is -0.00000000500. The van der Waals surface area contributed by atoms with Gasteiger partial charge >= 0.3 is 17.1 Å². The van der Waals surface area contributed by atoms with Crippen LogP contribution in [0, 0.1) is 23.7 Å². The molecule has 0 aliphatic carbocycles. The van der Waals surface area contributed by atoms with Gasteiger partial charge in [0.2, 0.25) is 0 Å². The minimum Gasteiger partial charge on any atom is -0.512 e. The zero-order chi connectivity index (χ0) is 4.00. The van der Waals surface area contributed by atoms with E-state index in [1.807, 2.05) is 0 Å². The first-order valence-corrected chi connectivity index (χ1v) is 0.447. The van der Waals surface area contributed by atoms with Crippen LogP contribution in [0.3, 0.4) is 0 Å². The Labute approximate surface area is 69.9 Å². The quantitative estimate of drug-likeness (QED) is 0.344. The second-order valence-corrected chi connectivity index (χ2v) is 0. The van der Waals surface area contributed by atoms with Crippen molar-refractivity contribution < 1.29 is 17.1 Å². The van der Waals surface area contributed by atoms with Gasteiger partial charge in [-0.2, -0.15) is 0 Å². The standard InChI is InChI=1S/2CN.Cu.Na/c2*1-2;;/q2*-1;+2;. The van der Waals surface area contributed by atoms with Crippen molar-refractivity contribution in [3.8, 4) is 0 Å². The predicted octanol–water partition coefficient (Wildman–Crippen LogP) is -0.191. The molecule has 0 aromatic rings.